The first-order chi connectivity index (χ1) is 15.5. The summed E-state index contributed by atoms with van der Waals surface area (Å²) in [5.41, 5.74) is 1.36. The Morgan fingerprint density at radius 2 is 1.78 bits per heavy atom. The lowest BCUT2D eigenvalue weighted by Crippen LogP contribution is -2.14. The number of nitrogens with one attached hydrogen (secondary N) is 1. The Morgan fingerprint density at radius 1 is 1.09 bits per heavy atom. The lowest BCUT2D eigenvalue weighted by Gasteiger charge is -2.14. The molecule has 0 saturated carbocycles. The van der Waals surface area contributed by atoms with E-state index in [9.17, 15) is 14.4 Å². The quantitative estimate of drug-likeness (QED) is 0.302. The van der Waals surface area contributed by atoms with Gasteiger partial charge in [0.1, 0.15) is 24.1 Å². The molecule has 162 valence electrons. The molecule has 0 fully saturated rings. The molecule has 1 amide bonds. The molecule has 0 saturated heterocycles. The minimum Gasteiger partial charge on any atom is -0.490 e. The van der Waals surface area contributed by atoms with Crippen LogP contribution in [-0.2, 0) is 11.4 Å². The lowest BCUT2D eigenvalue weighted by atomic mass is 10.1. The van der Waals surface area contributed by atoms with Gasteiger partial charge in [-0.1, -0.05) is 58.4 Å². The van der Waals surface area contributed by atoms with Crippen LogP contribution in [0.2, 0.25) is 0 Å². The molecule has 0 atom stereocenters. The molecular formula is C25H20BrFN2O3. The second-order valence-corrected chi connectivity index (χ2v) is 7.49. The third kappa shape index (κ3) is 5.96. The fraction of sp³-hybridized carbons (Fsp3) is 0.120. The number of nitrogens with zero attached hydrogens (tertiary/aromatic N) is 1. The summed E-state index contributed by atoms with van der Waals surface area (Å²) in [6.07, 6.45) is 1.41. The first-order valence-corrected chi connectivity index (χ1v) is 10.6. The smallest absolute Gasteiger partial charge is 0.266 e. The summed E-state index contributed by atoms with van der Waals surface area (Å²) in [7, 11) is 0. The van der Waals surface area contributed by atoms with Crippen LogP contribution < -0.4 is 14.8 Å². The number of para-hydroxylation sites is 1. The van der Waals surface area contributed by atoms with Gasteiger partial charge in [0.2, 0.25) is 0 Å². The summed E-state index contributed by atoms with van der Waals surface area (Å²) in [6, 6.07) is 20.7. The van der Waals surface area contributed by atoms with Gasteiger partial charge in [-0.05, 0) is 48.4 Å². The van der Waals surface area contributed by atoms with Crippen molar-refractivity contribution in [2.45, 2.75) is 13.5 Å². The van der Waals surface area contributed by atoms with E-state index in [1.165, 1.54) is 24.3 Å². The van der Waals surface area contributed by atoms with Crippen molar-refractivity contribution in [2.24, 2.45) is 0 Å². The second kappa shape index (κ2) is 11.1. The normalized spacial score (nSPS) is 10.9. The third-order valence-corrected chi connectivity index (χ3v) is 5.07. The van der Waals surface area contributed by atoms with Crippen molar-refractivity contribution in [2.75, 3.05) is 11.9 Å². The Labute approximate surface area is 194 Å². The zero-order valence-corrected chi connectivity index (χ0v) is 18.9. The Hall–Kier alpha value is -3.63. The fourth-order valence-corrected chi connectivity index (χ4v) is 3.27. The van der Waals surface area contributed by atoms with E-state index in [1.807, 2.05) is 43.3 Å². The van der Waals surface area contributed by atoms with Crippen LogP contribution in [0.25, 0.3) is 6.08 Å². The summed E-state index contributed by atoms with van der Waals surface area (Å²) in [5, 5.41) is 11.9. The highest BCUT2D eigenvalue weighted by Gasteiger charge is 2.15. The first kappa shape index (κ1) is 23.0. The minimum absolute atomic E-state index is 0.00243. The van der Waals surface area contributed by atoms with E-state index >= 15 is 0 Å². The van der Waals surface area contributed by atoms with Crippen molar-refractivity contribution in [1.29, 1.82) is 5.26 Å². The highest BCUT2D eigenvalue weighted by Crippen LogP contribution is 2.35. The zero-order valence-electron chi connectivity index (χ0n) is 17.3. The van der Waals surface area contributed by atoms with Crippen LogP contribution in [0.5, 0.6) is 11.5 Å². The van der Waals surface area contributed by atoms with Crippen LogP contribution in [0.3, 0.4) is 0 Å². The van der Waals surface area contributed by atoms with Gasteiger partial charge in [-0.2, -0.15) is 5.26 Å². The Kier molecular flexibility index (Phi) is 8.01. The summed E-state index contributed by atoms with van der Waals surface area (Å²) < 4.78 is 26.1. The molecule has 0 heterocycles. The Morgan fingerprint density at radius 3 is 2.47 bits per heavy atom. The van der Waals surface area contributed by atoms with Crippen molar-refractivity contribution in [1.82, 2.24) is 0 Å². The molecule has 0 unspecified atom stereocenters. The number of rotatable bonds is 8. The molecule has 3 aromatic rings. The van der Waals surface area contributed by atoms with Crippen LogP contribution in [0.15, 0.2) is 76.8 Å². The fourth-order valence-electron chi connectivity index (χ4n) is 2.83. The molecule has 0 aliphatic rings. The van der Waals surface area contributed by atoms with Crippen molar-refractivity contribution < 1.29 is 18.7 Å². The van der Waals surface area contributed by atoms with E-state index in [1.54, 1.807) is 18.2 Å². The monoisotopic (exact) mass is 494 g/mol. The maximum Gasteiger partial charge on any atom is 0.266 e. The SMILES string of the molecule is CCOc1cc(/C=C(/C#N)C(=O)Nc2ccccc2F)c(Br)cc1OCc1ccccc1. The molecule has 7 heteroatoms. The van der Waals surface area contributed by atoms with Gasteiger partial charge in [-0.3, -0.25) is 4.79 Å². The first-order valence-electron chi connectivity index (χ1n) is 9.82. The number of carbonyl (C=O) groups is 1. The maximum absolute atomic E-state index is 13.8. The molecule has 0 aliphatic carbocycles. The van der Waals surface area contributed by atoms with Crippen LogP contribution in [-0.4, -0.2) is 12.5 Å². The molecule has 0 aromatic heterocycles. The van der Waals surface area contributed by atoms with Crippen LogP contribution in [0, 0.1) is 17.1 Å². The average Bonchev–Trinajstić information content (AvgIpc) is 2.80. The maximum atomic E-state index is 13.8. The van der Waals surface area contributed by atoms with E-state index in [2.05, 4.69) is 21.2 Å². The predicted molar refractivity (Wildman–Crippen MR) is 125 cm³/mol. The van der Waals surface area contributed by atoms with E-state index in [0.29, 0.717) is 34.7 Å². The average molecular weight is 495 g/mol. The highest BCUT2D eigenvalue weighted by atomic mass is 79.9. The topological polar surface area (TPSA) is 71.3 Å². The van der Waals surface area contributed by atoms with Crippen LogP contribution in [0.4, 0.5) is 10.1 Å². The second-order valence-electron chi connectivity index (χ2n) is 6.63. The van der Waals surface area contributed by atoms with Crippen molar-refractivity contribution in [3.63, 3.8) is 0 Å². The number of amides is 1. The molecule has 0 aliphatic heterocycles. The van der Waals surface area contributed by atoms with Crippen LogP contribution in [0.1, 0.15) is 18.1 Å². The van der Waals surface area contributed by atoms with Gasteiger partial charge in [0.25, 0.3) is 5.91 Å². The van der Waals surface area contributed by atoms with Crippen LogP contribution >= 0.6 is 15.9 Å². The predicted octanol–water partition coefficient (Wildman–Crippen LogP) is 6.11. The molecule has 0 bridgehead atoms. The summed E-state index contributed by atoms with van der Waals surface area (Å²) >= 11 is 3.46. The molecule has 3 rings (SSSR count). The van der Waals surface area contributed by atoms with Gasteiger partial charge in [-0.25, -0.2) is 4.39 Å². The van der Waals surface area contributed by atoms with Gasteiger partial charge >= 0.3 is 0 Å². The molecule has 5 nitrogen and oxygen atoms in total. The van der Waals surface area contributed by atoms with Gasteiger partial charge in [-0.15, -0.1) is 0 Å². The van der Waals surface area contributed by atoms with Crippen molar-refractivity contribution in [3.8, 4) is 17.6 Å². The number of halogens is 2. The van der Waals surface area contributed by atoms with Gasteiger partial charge in [0.15, 0.2) is 11.5 Å². The Balaban J connectivity index is 1.86. The number of hydrogen-bond donors (Lipinski definition) is 1. The minimum atomic E-state index is -0.716. The highest BCUT2D eigenvalue weighted by molar-refractivity contribution is 9.10. The van der Waals surface area contributed by atoms with Gasteiger partial charge < -0.3 is 14.8 Å². The number of nitriles is 1. The summed E-state index contributed by atoms with van der Waals surface area (Å²) in [6.45, 7) is 2.61. The number of carbonyl (C=O) groups excluding carboxylic acids is 1. The van der Waals surface area contributed by atoms with E-state index in [4.69, 9.17) is 9.47 Å². The molecule has 32 heavy (non-hydrogen) atoms. The number of ether oxygens (including phenoxy) is 2. The summed E-state index contributed by atoms with van der Waals surface area (Å²) in [5.74, 6) is -0.302. The standard InChI is InChI=1S/C25H20BrFN2O3/c1-2-31-23-13-18(20(26)14-24(23)32-16-17-8-4-3-5-9-17)12-19(15-28)25(30)29-22-11-7-6-10-21(22)27/h3-14H,2,16H2,1H3,(H,29,30)/b19-12-. The molecule has 0 radical (unpaired) electrons. The largest absolute Gasteiger partial charge is 0.490 e. The van der Waals surface area contributed by atoms with E-state index in [-0.39, 0.29) is 11.3 Å². The third-order valence-electron chi connectivity index (χ3n) is 4.39. The van der Waals surface area contributed by atoms with E-state index in [0.717, 1.165) is 5.56 Å². The van der Waals surface area contributed by atoms with Crippen molar-refractivity contribution >= 4 is 33.6 Å². The van der Waals surface area contributed by atoms with Gasteiger partial charge in [0, 0.05) is 4.47 Å². The number of hydrogen-bond acceptors (Lipinski definition) is 4. The number of anilines is 1. The van der Waals surface area contributed by atoms with E-state index < -0.39 is 11.7 Å². The molecule has 3 aromatic carbocycles. The Bertz CT molecular complexity index is 1170. The molecular weight excluding hydrogens is 475 g/mol. The number of benzene rings is 3. The van der Waals surface area contributed by atoms with Crippen molar-refractivity contribution in [3.05, 3.63) is 93.7 Å². The van der Waals surface area contributed by atoms with Gasteiger partial charge in [0.05, 0.1) is 12.3 Å². The lowest BCUT2D eigenvalue weighted by molar-refractivity contribution is -0.112. The molecule has 0 spiro atoms. The molecule has 1 N–H and O–H groups in total. The zero-order chi connectivity index (χ0) is 22.9. The summed E-state index contributed by atoms with van der Waals surface area (Å²) in [4.78, 5) is 12.5.